The number of nitrogens with zero attached hydrogens (tertiary/aromatic N) is 5. The van der Waals surface area contributed by atoms with Crippen LogP contribution in [0.1, 0.15) is 6.17 Å². The number of hydrogen-bond donors (Lipinski definition) is 0. The van der Waals surface area contributed by atoms with Gasteiger partial charge in [0.25, 0.3) is 0 Å². The van der Waals surface area contributed by atoms with Crippen molar-refractivity contribution in [1.29, 1.82) is 0 Å². The van der Waals surface area contributed by atoms with Crippen LogP contribution in [0.25, 0.3) is 10.9 Å². The molecule has 9 nitrogen and oxygen atoms in total. The molecule has 1 saturated heterocycles. The summed E-state index contributed by atoms with van der Waals surface area (Å²) >= 11 is 6.12. The van der Waals surface area contributed by atoms with Crippen LogP contribution < -0.4 is 9.64 Å². The van der Waals surface area contributed by atoms with Crippen LogP contribution in [0.3, 0.4) is 0 Å². The van der Waals surface area contributed by atoms with Gasteiger partial charge in [0, 0.05) is 56.6 Å². The quantitative estimate of drug-likeness (QED) is 0.512. The van der Waals surface area contributed by atoms with E-state index in [1.807, 2.05) is 17.0 Å². The Kier molecular flexibility index (Phi) is 5.87. The Bertz CT molecular complexity index is 1220. The van der Waals surface area contributed by atoms with Gasteiger partial charge in [-0.3, -0.25) is 14.7 Å². The van der Waals surface area contributed by atoms with E-state index in [1.165, 1.54) is 10.9 Å². The van der Waals surface area contributed by atoms with Gasteiger partial charge in [-0.2, -0.15) is 5.10 Å². The molecule has 0 spiro atoms. The second kappa shape index (κ2) is 8.45. The van der Waals surface area contributed by atoms with Crippen LogP contribution in [0, 0.1) is 0 Å². The maximum atomic E-state index is 12.2. The zero-order chi connectivity index (χ0) is 22.2. The van der Waals surface area contributed by atoms with Crippen LogP contribution >= 0.6 is 11.6 Å². The van der Waals surface area contributed by atoms with Crippen molar-refractivity contribution in [2.24, 2.45) is 0 Å². The molecule has 3 heterocycles. The number of carbonyl (C=O) groups excluding carboxylic acids is 1. The zero-order valence-corrected chi connectivity index (χ0v) is 18.7. The number of halogens is 1. The van der Waals surface area contributed by atoms with E-state index >= 15 is 0 Å². The fourth-order valence-corrected chi connectivity index (χ4v) is 4.81. The van der Waals surface area contributed by atoms with Gasteiger partial charge < -0.3 is 9.64 Å². The number of fused-ring (bicyclic) bond motifs is 1. The van der Waals surface area contributed by atoms with Gasteiger partial charge in [0.05, 0.1) is 23.0 Å². The highest BCUT2D eigenvalue weighted by Crippen LogP contribution is 2.31. The minimum absolute atomic E-state index is 0.0747. The molecule has 0 amide bonds. The average Bonchev–Trinajstić information content (AvgIpc) is 3.15. The standard InChI is InChI=1S/C20H22ClN5O4S/c1-30-18-11-14(3-4-16(18)21)24-7-9-25(10-8-24)19(13-27)26-17-5-6-22-12-15(17)20(23-26)31(2,28)29/h3-6,11-13,19H,7-10H2,1-2H3. The Balaban J connectivity index is 1.59. The van der Waals surface area contributed by atoms with Crippen LogP contribution in [0.2, 0.25) is 5.02 Å². The van der Waals surface area contributed by atoms with Crippen LogP contribution in [-0.2, 0) is 14.6 Å². The Labute approximate surface area is 185 Å². The number of ether oxygens (including phenoxy) is 1. The van der Waals surface area contributed by atoms with E-state index in [4.69, 9.17) is 16.3 Å². The topological polar surface area (TPSA) is 97.6 Å². The number of pyridine rings is 1. The Morgan fingerprint density at radius 3 is 2.58 bits per heavy atom. The lowest BCUT2D eigenvalue weighted by Gasteiger charge is -2.38. The Morgan fingerprint density at radius 2 is 1.94 bits per heavy atom. The molecule has 0 radical (unpaired) electrons. The maximum Gasteiger partial charge on any atom is 0.195 e. The number of methoxy groups -OCH3 is 1. The number of carbonyl (C=O) groups is 1. The second-order valence-electron chi connectivity index (χ2n) is 7.31. The van der Waals surface area contributed by atoms with E-state index in [0.717, 1.165) is 18.2 Å². The molecule has 0 aliphatic carbocycles. The van der Waals surface area contributed by atoms with Crippen molar-refractivity contribution in [2.45, 2.75) is 11.2 Å². The number of piperazine rings is 1. The van der Waals surface area contributed by atoms with Gasteiger partial charge in [-0.05, 0) is 18.2 Å². The van der Waals surface area contributed by atoms with Gasteiger partial charge in [0.1, 0.15) is 5.75 Å². The van der Waals surface area contributed by atoms with E-state index in [-0.39, 0.29) is 5.03 Å². The van der Waals surface area contributed by atoms with Crippen LogP contribution in [-0.4, -0.2) is 73.9 Å². The molecule has 11 heteroatoms. The molecule has 0 N–H and O–H groups in total. The molecule has 1 aliphatic rings. The van der Waals surface area contributed by atoms with Crippen LogP contribution in [0.15, 0.2) is 41.7 Å². The summed E-state index contributed by atoms with van der Waals surface area (Å²) in [6.45, 7) is 2.54. The van der Waals surface area contributed by atoms with Crippen molar-refractivity contribution >= 4 is 44.3 Å². The molecule has 1 aliphatic heterocycles. The molecule has 1 unspecified atom stereocenters. The minimum Gasteiger partial charge on any atom is -0.495 e. The first-order chi connectivity index (χ1) is 14.8. The highest BCUT2D eigenvalue weighted by Gasteiger charge is 2.29. The molecule has 0 bridgehead atoms. The minimum atomic E-state index is -3.57. The van der Waals surface area contributed by atoms with Crippen LogP contribution in [0.4, 0.5) is 5.69 Å². The van der Waals surface area contributed by atoms with Crippen molar-refractivity contribution in [3.05, 3.63) is 41.7 Å². The first kappa shape index (κ1) is 21.5. The highest BCUT2D eigenvalue weighted by molar-refractivity contribution is 7.90. The summed E-state index contributed by atoms with van der Waals surface area (Å²) in [5.41, 5.74) is 1.54. The third kappa shape index (κ3) is 4.10. The van der Waals surface area contributed by atoms with Crippen molar-refractivity contribution in [2.75, 3.05) is 44.4 Å². The molecular weight excluding hydrogens is 442 g/mol. The van der Waals surface area contributed by atoms with E-state index < -0.39 is 16.0 Å². The predicted molar refractivity (Wildman–Crippen MR) is 118 cm³/mol. The number of aldehydes is 1. The molecule has 0 saturated carbocycles. The van der Waals surface area contributed by atoms with Crippen molar-refractivity contribution in [1.82, 2.24) is 19.7 Å². The SMILES string of the molecule is COc1cc(N2CCN(C(C=O)n3nc(S(C)(=O)=O)c4cnccc43)CC2)ccc1Cl. The molecule has 31 heavy (non-hydrogen) atoms. The number of sulfone groups is 1. The van der Waals surface area contributed by atoms with Gasteiger partial charge in [0.2, 0.25) is 0 Å². The molecule has 2 aromatic heterocycles. The number of hydrogen-bond acceptors (Lipinski definition) is 8. The van der Waals surface area contributed by atoms with Gasteiger partial charge >= 0.3 is 0 Å². The third-order valence-electron chi connectivity index (χ3n) is 5.39. The summed E-state index contributed by atoms with van der Waals surface area (Å²) in [6.07, 6.45) is 4.19. The van der Waals surface area contributed by atoms with Gasteiger partial charge in [-0.15, -0.1) is 0 Å². The lowest BCUT2D eigenvalue weighted by atomic mass is 10.2. The van der Waals surface area contributed by atoms with Crippen LogP contribution in [0.5, 0.6) is 5.75 Å². The lowest BCUT2D eigenvalue weighted by Crippen LogP contribution is -2.49. The Hall–Kier alpha value is -2.69. The van der Waals surface area contributed by atoms with E-state index in [9.17, 15) is 13.2 Å². The summed E-state index contributed by atoms with van der Waals surface area (Å²) in [4.78, 5) is 20.2. The summed E-state index contributed by atoms with van der Waals surface area (Å²) in [6, 6.07) is 7.29. The number of anilines is 1. The van der Waals surface area contributed by atoms with Gasteiger partial charge in [-0.1, -0.05) is 11.6 Å². The molecule has 4 rings (SSSR count). The molecule has 164 valence electrons. The number of benzene rings is 1. The average molecular weight is 464 g/mol. The van der Waals surface area contributed by atoms with Crippen molar-refractivity contribution < 1.29 is 17.9 Å². The molecule has 3 aromatic rings. The normalized spacial score (nSPS) is 16.4. The predicted octanol–water partition coefficient (Wildman–Crippen LogP) is 2.02. The van der Waals surface area contributed by atoms with Crippen molar-refractivity contribution in [3.63, 3.8) is 0 Å². The summed E-state index contributed by atoms with van der Waals surface area (Å²) in [7, 11) is -2.00. The Morgan fingerprint density at radius 1 is 1.19 bits per heavy atom. The monoisotopic (exact) mass is 463 g/mol. The first-order valence-electron chi connectivity index (χ1n) is 9.63. The smallest absolute Gasteiger partial charge is 0.195 e. The third-order valence-corrected chi connectivity index (χ3v) is 6.70. The zero-order valence-electron chi connectivity index (χ0n) is 17.1. The highest BCUT2D eigenvalue weighted by atomic mass is 35.5. The maximum absolute atomic E-state index is 12.2. The molecule has 1 fully saturated rings. The molecular formula is C20H22ClN5O4S. The number of aromatic nitrogens is 3. The summed E-state index contributed by atoms with van der Waals surface area (Å²) in [5.74, 6) is 0.609. The van der Waals surface area contributed by atoms with E-state index in [1.54, 1.807) is 25.4 Å². The van der Waals surface area contributed by atoms with Gasteiger partial charge in [-0.25, -0.2) is 13.1 Å². The summed E-state index contributed by atoms with van der Waals surface area (Å²) < 4.78 is 31.2. The second-order valence-corrected chi connectivity index (χ2v) is 9.64. The lowest BCUT2D eigenvalue weighted by molar-refractivity contribution is -0.115. The first-order valence-corrected chi connectivity index (χ1v) is 11.9. The van der Waals surface area contributed by atoms with E-state index in [2.05, 4.69) is 15.0 Å². The number of rotatable bonds is 6. The van der Waals surface area contributed by atoms with Crippen molar-refractivity contribution in [3.8, 4) is 5.75 Å². The van der Waals surface area contributed by atoms with Gasteiger partial charge in [0.15, 0.2) is 27.3 Å². The summed E-state index contributed by atoms with van der Waals surface area (Å²) in [5, 5.41) is 5.17. The molecule has 1 aromatic carbocycles. The van der Waals surface area contributed by atoms with E-state index in [0.29, 0.717) is 47.9 Å². The molecule has 1 atom stereocenters. The largest absolute Gasteiger partial charge is 0.495 e. The fraction of sp³-hybridized carbons (Fsp3) is 0.350. The fourth-order valence-electron chi connectivity index (χ4n) is 3.82.